The van der Waals surface area contributed by atoms with Gasteiger partial charge in [-0.1, -0.05) is 0 Å². The number of carbonyl (C=O) groups is 1. The third kappa shape index (κ3) is 2.56. The van der Waals surface area contributed by atoms with Gasteiger partial charge in [0.1, 0.15) is 11.4 Å². The van der Waals surface area contributed by atoms with E-state index in [9.17, 15) is 4.79 Å². The number of hydrogen-bond donors (Lipinski definition) is 1. The van der Waals surface area contributed by atoms with Gasteiger partial charge in [-0.3, -0.25) is 4.79 Å². The summed E-state index contributed by atoms with van der Waals surface area (Å²) < 4.78 is 7.71. The van der Waals surface area contributed by atoms with Crippen LogP contribution in [-0.2, 0) is 7.05 Å². The highest BCUT2D eigenvalue weighted by Crippen LogP contribution is 2.27. The summed E-state index contributed by atoms with van der Waals surface area (Å²) in [5.41, 5.74) is 1.28. The third-order valence-corrected chi connectivity index (χ3v) is 3.29. The molecule has 1 heterocycles. The van der Waals surface area contributed by atoms with Gasteiger partial charge in [0.25, 0.3) is 5.91 Å². The molecule has 0 aliphatic rings. The number of hydrogen-bond acceptors (Lipinski definition) is 2. The van der Waals surface area contributed by atoms with E-state index >= 15 is 0 Å². The maximum Gasteiger partial charge on any atom is 0.272 e. The van der Waals surface area contributed by atoms with Crippen LogP contribution in [0.4, 0.5) is 5.69 Å². The summed E-state index contributed by atoms with van der Waals surface area (Å²) in [7, 11) is 3.42. The first-order valence-corrected chi connectivity index (χ1v) is 6.17. The zero-order chi connectivity index (χ0) is 13.1. The van der Waals surface area contributed by atoms with E-state index in [-0.39, 0.29) is 5.91 Å². The standard InChI is InChI=1S/C13H13BrN2O2/c1-16-7-3-4-12(16)13(17)15-11-8-9(18-2)5-6-10(11)14/h3-8H,1-2H3,(H,15,17). The van der Waals surface area contributed by atoms with E-state index in [4.69, 9.17) is 4.74 Å². The molecule has 0 fully saturated rings. The summed E-state index contributed by atoms with van der Waals surface area (Å²) >= 11 is 3.39. The lowest BCUT2D eigenvalue weighted by Gasteiger charge is -2.09. The Morgan fingerprint density at radius 1 is 1.39 bits per heavy atom. The van der Waals surface area contributed by atoms with Crippen molar-refractivity contribution in [3.05, 3.63) is 46.7 Å². The molecule has 94 valence electrons. The number of nitrogens with zero attached hydrogens (tertiary/aromatic N) is 1. The van der Waals surface area contributed by atoms with Crippen molar-refractivity contribution in [3.63, 3.8) is 0 Å². The second-order valence-corrected chi connectivity index (χ2v) is 4.66. The smallest absolute Gasteiger partial charge is 0.272 e. The summed E-state index contributed by atoms with van der Waals surface area (Å²) in [6.07, 6.45) is 1.83. The fourth-order valence-electron chi connectivity index (χ4n) is 1.61. The summed E-state index contributed by atoms with van der Waals surface area (Å²) in [6, 6.07) is 9.02. The van der Waals surface area contributed by atoms with Crippen LogP contribution in [0.1, 0.15) is 10.5 Å². The van der Waals surface area contributed by atoms with Crippen molar-refractivity contribution < 1.29 is 9.53 Å². The van der Waals surface area contributed by atoms with Gasteiger partial charge in [0.05, 0.1) is 12.8 Å². The lowest BCUT2D eigenvalue weighted by atomic mass is 10.3. The predicted octanol–water partition coefficient (Wildman–Crippen LogP) is 3.05. The third-order valence-electron chi connectivity index (χ3n) is 2.60. The fraction of sp³-hybridized carbons (Fsp3) is 0.154. The molecule has 18 heavy (non-hydrogen) atoms. The minimum atomic E-state index is -0.156. The molecule has 4 nitrogen and oxygen atoms in total. The van der Waals surface area contributed by atoms with Crippen LogP contribution in [0.3, 0.4) is 0 Å². The Morgan fingerprint density at radius 3 is 2.78 bits per heavy atom. The van der Waals surface area contributed by atoms with Gasteiger partial charge < -0.3 is 14.6 Å². The number of benzene rings is 1. The molecule has 5 heteroatoms. The molecule has 0 saturated carbocycles. The topological polar surface area (TPSA) is 43.3 Å². The van der Waals surface area contributed by atoms with Crippen molar-refractivity contribution >= 4 is 27.5 Å². The summed E-state index contributed by atoms with van der Waals surface area (Å²) in [6.45, 7) is 0. The number of nitrogens with one attached hydrogen (secondary N) is 1. The number of amides is 1. The second-order valence-electron chi connectivity index (χ2n) is 3.80. The largest absolute Gasteiger partial charge is 0.497 e. The van der Waals surface area contributed by atoms with E-state index in [1.165, 1.54) is 0 Å². The number of rotatable bonds is 3. The number of carbonyl (C=O) groups excluding carboxylic acids is 1. The molecule has 0 saturated heterocycles. The second kappa shape index (κ2) is 5.27. The van der Waals surface area contributed by atoms with Gasteiger partial charge in [0.2, 0.25) is 0 Å². The molecule has 1 aromatic heterocycles. The van der Waals surface area contributed by atoms with Crippen LogP contribution in [0.15, 0.2) is 41.0 Å². The molecular formula is C13H13BrN2O2. The number of aromatic nitrogens is 1. The SMILES string of the molecule is COc1ccc(Br)c(NC(=O)c2cccn2C)c1. The van der Waals surface area contributed by atoms with E-state index in [0.29, 0.717) is 17.1 Å². The fourth-order valence-corrected chi connectivity index (χ4v) is 1.96. The first-order valence-electron chi connectivity index (χ1n) is 5.38. The van der Waals surface area contributed by atoms with Crippen LogP contribution >= 0.6 is 15.9 Å². The lowest BCUT2D eigenvalue weighted by molar-refractivity contribution is 0.101. The van der Waals surface area contributed by atoms with Gasteiger partial charge in [0, 0.05) is 23.8 Å². The van der Waals surface area contributed by atoms with Gasteiger partial charge in [-0.2, -0.15) is 0 Å². The number of halogens is 1. The van der Waals surface area contributed by atoms with Crippen molar-refractivity contribution in [3.8, 4) is 5.75 Å². The summed E-state index contributed by atoms with van der Waals surface area (Å²) in [5, 5.41) is 2.84. The van der Waals surface area contributed by atoms with Crippen LogP contribution in [-0.4, -0.2) is 17.6 Å². The van der Waals surface area contributed by atoms with Crippen LogP contribution in [0, 0.1) is 0 Å². The molecule has 0 aliphatic carbocycles. The maximum absolute atomic E-state index is 12.1. The monoisotopic (exact) mass is 308 g/mol. The van der Waals surface area contributed by atoms with Crippen LogP contribution < -0.4 is 10.1 Å². The average molecular weight is 309 g/mol. The highest BCUT2D eigenvalue weighted by molar-refractivity contribution is 9.10. The Labute approximate surface area is 114 Å². The van der Waals surface area contributed by atoms with E-state index in [0.717, 1.165) is 4.47 Å². The highest BCUT2D eigenvalue weighted by Gasteiger charge is 2.11. The molecule has 0 radical (unpaired) electrons. The number of aryl methyl sites for hydroxylation is 1. The van der Waals surface area contributed by atoms with Crippen molar-refractivity contribution in [2.45, 2.75) is 0 Å². The first-order chi connectivity index (χ1) is 8.61. The molecule has 1 aromatic carbocycles. The zero-order valence-corrected chi connectivity index (χ0v) is 11.7. The predicted molar refractivity (Wildman–Crippen MR) is 74.1 cm³/mol. The molecule has 1 amide bonds. The van der Waals surface area contributed by atoms with E-state index in [1.54, 1.807) is 23.8 Å². The quantitative estimate of drug-likeness (QED) is 0.947. The van der Waals surface area contributed by atoms with Gasteiger partial charge in [0.15, 0.2) is 0 Å². The van der Waals surface area contributed by atoms with E-state index < -0.39 is 0 Å². The van der Waals surface area contributed by atoms with Crippen molar-refractivity contribution in [1.29, 1.82) is 0 Å². The van der Waals surface area contributed by atoms with Crippen molar-refractivity contribution in [1.82, 2.24) is 4.57 Å². The Morgan fingerprint density at radius 2 is 2.17 bits per heavy atom. The van der Waals surface area contributed by atoms with E-state index in [2.05, 4.69) is 21.2 Å². The first kappa shape index (κ1) is 12.7. The zero-order valence-electron chi connectivity index (χ0n) is 10.1. The van der Waals surface area contributed by atoms with Crippen molar-refractivity contribution in [2.24, 2.45) is 7.05 Å². The Bertz CT molecular complexity index is 578. The molecule has 2 aromatic rings. The van der Waals surface area contributed by atoms with Gasteiger partial charge >= 0.3 is 0 Å². The minimum Gasteiger partial charge on any atom is -0.497 e. The molecule has 0 unspecified atom stereocenters. The van der Waals surface area contributed by atoms with Crippen LogP contribution in [0.5, 0.6) is 5.75 Å². The van der Waals surface area contributed by atoms with E-state index in [1.807, 2.05) is 31.4 Å². The Hall–Kier alpha value is -1.75. The number of ether oxygens (including phenoxy) is 1. The minimum absolute atomic E-state index is 0.156. The highest BCUT2D eigenvalue weighted by atomic mass is 79.9. The summed E-state index contributed by atoms with van der Waals surface area (Å²) in [4.78, 5) is 12.1. The average Bonchev–Trinajstić information content (AvgIpc) is 2.78. The van der Waals surface area contributed by atoms with Gasteiger partial charge in [-0.15, -0.1) is 0 Å². The van der Waals surface area contributed by atoms with Crippen molar-refractivity contribution in [2.75, 3.05) is 12.4 Å². The molecule has 0 atom stereocenters. The molecular weight excluding hydrogens is 296 g/mol. The lowest BCUT2D eigenvalue weighted by Crippen LogP contribution is -2.15. The molecule has 0 aliphatic heterocycles. The Kier molecular flexibility index (Phi) is 3.72. The van der Waals surface area contributed by atoms with Crippen LogP contribution in [0.25, 0.3) is 0 Å². The molecule has 0 spiro atoms. The molecule has 0 bridgehead atoms. The summed E-state index contributed by atoms with van der Waals surface area (Å²) in [5.74, 6) is 0.539. The number of anilines is 1. The Balaban J connectivity index is 2.24. The van der Waals surface area contributed by atoms with Crippen LogP contribution in [0.2, 0.25) is 0 Å². The normalized spacial score (nSPS) is 10.2. The maximum atomic E-state index is 12.1. The van der Waals surface area contributed by atoms with Gasteiger partial charge in [-0.25, -0.2) is 0 Å². The molecule has 1 N–H and O–H groups in total. The molecule has 2 rings (SSSR count). The van der Waals surface area contributed by atoms with Gasteiger partial charge in [-0.05, 0) is 40.2 Å². The number of methoxy groups -OCH3 is 1.